The quantitative estimate of drug-likeness (QED) is 0.501. The van der Waals surface area contributed by atoms with Crippen molar-refractivity contribution in [2.75, 3.05) is 11.1 Å². The van der Waals surface area contributed by atoms with Crippen LogP contribution in [0.1, 0.15) is 10.4 Å². The third-order valence-electron chi connectivity index (χ3n) is 2.46. The summed E-state index contributed by atoms with van der Waals surface area (Å²) in [4.78, 5) is 12.0. The summed E-state index contributed by atoms with van der Waals surface area (Å²) < 4.78 is 1.47. The molecule has 2 rings (SSSR count). The second kappa shape index (κ2) is 5.79. The van der Waals surface area contributed by atoms with Gasteiger partial charge >= 0.3 is 0 Å². The number of amides is 1. The predicted octanol–water partition coefficient (Wildman–Crippen LogP) is 3.59. The van der Waals surface area contributed by atoms with Gasteiger partial charge in [-0.3, -0.25) is 4.79 Å². The Balaban J connectivity index is 2.20. The number of rotatable bonds is 2. The van der Waals surface area contributed by atoms with Gasteiger partial charge in [-0.05, 0) is 74.9 Å². The Morgan fingerprint density at radius 3 is 2.63 bits per heavy atom. The SMILES string of the molecule is Nc1cc(NC(=O)c2ccc(I)c(O)c2)ccc1Br. The monoisotopic (exact) mass is 432 g/mol. The molecule has 0 radical (unpaired) electrons. The summed E-state index contributed by atoms with van der Waals surface area (Å²) in [6.45, 7) is 0. The number of phenols is 1. The molecule has 0 aliphatic rings. The van der Waals surface area contributed by atoms with Gasteiger partial charge in [0.25, 0.3) is 5.91 Å². The van der Waals surface area contributed by atoms with Crippen LogP contribution in [0.25, 0.3) is 0 Å². The summed E-state index contributed by atoms with van der Waals surface area (Å²) in [7, 11) is 0. The minimum Gasteiger partial charge on any atom is -0.507 e. The van der Waals surface area contributed by atoms with Gasteiger partial charge in [0.05, 0.1) is 3.57 Å². The molecule has 2 aromatic carbocycles. The summed E-state index contributed by atoms with van der Waals surface area (Å²) in [6, 6.07) is 9.93. The minimum atomic E-state index is -0.298. The molecule has 0 aliphatic carbocycles. The first kappa shape index (κ1) is 14.1. The Bertz CT molecular complexity index is 647. The highest BCUT2D eigenvalue weighted by molar-refractivity contribution is 14.1. The van der Waals surface area contributed by atoms with Crippen molar-refractivity contribution in [1.29, 1.82) is 0 Å². The standard InChI is InChI=1S/C13H10BrIN2O2/c14-9-3-2-8(6-11(9)16)17-13(19)7-1-4-10(15)12(18)5-7/h1-6,18H,16H2,(H,17,19). The van der Waals surface area contributed by atoms with E-state index in [1.165, 1.54) is 6.07 Å². The zero-order valence-electron chi connectivity index (χ0n) is 9.65. The number of benzene rings is 2. The van der Waals surface area contributed by atoms with E-state index >= 15 is 0 Å². The number of anilines is 2. The fourth-order valence-corrected chi connectivity index (χ4v) is 2.06. The van der Waals surface area contributed by atoms with Gasteiger partial charge in [0.2, 0.25) is 0 Å². The predicted molar refractivity (Wildman–Crippen MR) is 87.3 cm³/mol. The van der Waals surface area contributed by atoms with Gasteiger partial charge in [-0.25, -0.2) is 0 Å². The molecule has 98 valence electrons. The van der Waals surface area contributed by atoms with E-state index in [-0.39, 0.29) is 11.7 Å². The third-order valence-corrected chi connectivity index (χ3v) is 4.10. The van der Waals surface area contributed by atoms with E-state index in [0.717, 1.165) is 4.47 Å². The number of nitrogens with two attached hydrogens (primary N) is 1. The topological polar surface area (TPSA) is 75.3 Å². The van der Waals surface area contributed by atoms with Crippen molar-refractivity contribution in [2.45, 2.75) is 0 Å². The Hall–Kier alpha value is -1.28. The van der Waals surface area contributed by atoms with E-state index in [4.69, 9.17) is 5.73 Å². The lowest BCUT2D eigenvalue weighted by atomic mass is 10.2. The molecule has 4 N–H and O–H groups in total. The molecule has 6 heteroatoms. The van der Waals surface area contributed by atoms with Gasteiger partial charge in [0.1, 0.15) is 5.75 Å². The highest BCUT2D eigenvalue weighted by Crippen LogP contribution is 2.24. The molecule has 19 heavy (non-hydrogen) atoms. The highest BCUT2D eigenvalue weighted by Gasteiger charge is 2.09. The molecule has 1 amide bonds. The lowest BCUT2D eigenvalue weighted by Gasteiger charge is -2.07. The molecule has 0 unspecified atom stereocenters. The lowest BCUT2D eigenvalue weighted by molar-refractivity contribution is 0.102. The summed E-state index contributed by atoms with van der Waals surface area (Å²) in [6.07, 6.45) is 0. The fourth-order valence-electron chi connectivity index (χ4n) is 1.48. The molecule has 0 aromatic heterocycles. The number of hydrogen-bond donors (Lipinski definition) is 3. The van der Waals surface area contributed by atoms with Crippen molar-refractivity contribution in [2.24, 2.45) is 0 Å². The average Bonchev–Trinajstić information content (AvgIpc) is 2.37. The van der Waals surface area contributed by atoms with Crippen molar-refractivity contribution in [3.8, 4) is 5.75 Å². The van der Waals surface area contributed by atoms with Crippen molar-refractivity contribution in [3.05, 3.63) is 50.0 Å². The van der Waals surface area contributed by atoms with Crippen LogP contribution in [-0.4, -0.2) is 11.0 Å². The number of nitrogen functional groups attached to an aromatic ring is 1. The van der Waals surface area contributed by atoms with Crippen molar-refractivity contribution in [1.82, 2.24) is 0 Å². The summed E-state index contributed by atoms with van der Waals surface area (Å²) in [5.41, 5.74) is 7.27. The molecule has 0 saturated heterocycles. The average molecular weight is 433 g/mol. The third kappa shape index (κ3) is 3.38. The molecule has 0 bridgehead atoms. The van der Waals surface area contributed by atoms with E-state index in [1.807, 2.05) is 22.6 Å². The molecule has 0 fully saturated rings. The summed E-state index contributed by atoms with van der Waals surface area (Å²) in [5.74, 6) is -0.211. The molecule has 0 heterocycles. The van der Waals surface area contributed by atoms with E-state index in [1.54, 1.807) is 30.3 Å². The molecule has 0 atom stereocenters. The Kier molecular flexibility index (Phi) is 4.31. The largest absolute Gasteiger partial charge is 0.507 e. The van der Waals surface area contributed by atoms with Gasteiger partial charge in [-0.15, -0.1) is 0 Å². The van der Waals surface area contributed by atoms with Crippen LogP contribution in [-0.2, 0) is 0 Å². The Morgan fingerprint density at radius 2 is 2.00 bits per heavy atom. The highest BCUT2D eigenvalue weighted by atomic mass is 127. The normalized spacial score (nSPS) is 10.2. The van der Waals surface area contributed by atoms with Gasteiger partial charge in [-0.1, -0.05) is 0 Å². The number of carbonyl (C=O) groups is 1. The first-order valence-electron chi connectivity index (χ1n) is 5.32. The molecule has 0 aliphatic heterocycles. The molecule has 4 nitrogen and oxygen atoms in total. The first-order chi connectivity index (χ1) is 8.97. The molecule has 2 aromatic rings. The van der Waals surface area contributed by atoms with Gasteiger partial charge in [-0.2, -0.15) is 0 Å². The molecular formula is C13H10BrIN2O2. The zero-order valence-corrected chi connectivity index (χ0v) is 13.4. The Labute approximate surface area is 132 Å². The van der Waals surface area contributed by atoms with Crippen LogP contribution in [0.4, 0.5) is 11.4 Å². The van der Waals surface area contributed by atoms with Crippen LogP contribution in [0.3, 0.4) is 0 Å². The number of phenolic OH excluding ortho intramolecular Hbond substituents is 1. The number of aromatic hydroxyl groups is 1. The second-order valence-corrected chi connectivity index (χ2v) is 5.87. The number of carbonyl (C=O) groups excluding carboxylic acids is 1. The first-order valence-corrected chi connectivity index (χ1v) is 7.19. The van der Waals surface area contributed by atoms with E-state index in [2.05, 4.69) is 21.2 Å². The minimum absolute atomic E-state index is 0.0866. The van der Waals surface area contributed by atoms with Gasteiger partial charge in [0.15, 0.2) is 0 Å². The second-order valence-electron chi connectivity index (χ2n) is 3.86. The maximum Gasteiger partial charge on any atom is 0.255 e. The van der Waals surface area contributed by atoms with Crippen LogP contribution in [0, 0.1) is 3.57 Å². The van der Waals surface area contributed by atoms with E-state index in [9.17, 15) is 9.90 Å². The summed E-state index contributed by atoms with van der Waals surface area (Å²) in [5, 5.41) is 12.3. The fraction of sp³-hybridized carbons (Fsp3) is 0. The lowest BCUT2D eigenvalue weighted by Crippen LogP contribution is -2.12. The van der Waals surface area contributed by atoms with E-state index < -0.39 is 0 Å². The molecular weight excluding hydrogens is 423 g/mol. The number of nitrogens with one attached hydrogen (secondary N) is 1. The smallest absolute Gasteiger partial charge is 0.255 e. The van der Waals surface area contributed by atoms with Crippen LogP contribution < -0.4 is 11.1 Å². The Morgan fingerprint density at radius 1 is 1.26 bits per heavy atom. The number of hydrogen-bond acceptors (Lipinski definition) is 3. The zero-order chi connectivity index (χ0) is 14.0. The summed E-state index contributed by atoms with van der Waals surface area (Å²) >= 11 is 5.28. The van der Waals surface area contributed by atoms with Gasteiger partial charge < -0.3 is 16.2 Å². The van der Waals surface area contributed by atoms with Crippen LogP contribution in [0.5, 0.6) is 5.75 Å². The van der Waals surface area contributed by atoms with Crippen LogP contribution in [0.2, 0.25) is 0 Å². The maximum absolute atomic E-state index is 12.0. The van der Waals surface area contributed by atoms with Crippen LogP contribution >= 0.6 is 38.5 Å². The number of halogens is 2. The van der Waals surface area contributed by atoms with Gasteiger partial charge in [0, 0.05) is 21.4 Å². The maximum atomic E-state index is 12.0. The van der Waals surface area contributed by atoms with Crippen molar-refractivity contribution >= 4 is 55.8 Å². The van der Waals surface area contributed by atoms with Crippen LogP contribution in [0.15, 0.2) is 40.9 Å². The molecule has 0 spiro atoms. The van der Waals surface area contributed by atoms with E-state index in [0.29, 0.717) is 20.5 Å². The van der Waals surface area contributed by atoms with Crippen molar-refractivity contribution < 1.29 is 9.90 Å². The molecule has 0 saturated carbocycles. The van der Waals surface area contributed by atoms with Crippen molar-refractivity contribution in [3.63, 3.8) is 0 Å².